The number of hydrogen-bond donors (Lipinski definition) is 1. The number of carbonyl (C=O) groups excluding carboxylic acids is 1. The van der Waals surface area contributed by atoms with Gasteiger partial charge in [-0.15, -0.1) is 0 Å². The van der Waals surface area contributed by atoms with Crippen molar-refractivity contribution in [3.8, 4) is 0 Å². The van der Waals surface area contributed by atoms with Gasteiger partial charge < -0.3 is 9.84 Å². The number of rotatable bonds is 12. The van der Waals surface area contributed by atoms with Crippen LogP contribution in [0.15, 0.2) is 30.3 Å². The Morgan fingerprint density at radius 2 is 1.54 bits per heavy atom. The van der Waals surface area contributed by atoms with Gasteiger partial charge in [0.15, 0.2) is 0 Å². The molecule has 0 aromatic heterocycles. The van der Waals surface area contributed by atoms with E-state index in [2.05, 4.69) is 6.92 Å². The summed E-state index contributed by atoms with van der Waals surface area (Å²) < 4.78 is 5.56. The zero-order chi connectivity index (χ0) is 17.8. The number of hydrogen-bond acceptors (Lipinski definition) is 3. The van der Waals surface area contributed by atoms with Crippen molar-refractivity contribution in [3.63, 3.8) is 0 Å². The number of unbranched alkanes of at least 4 members (excludes halogenated alkanes) is 6. The number of benzene rings is 1. The van der Waals surface area contributed by atoms with Gasteiger partial charge in [-0.25, -0.2) is 0 Å². The summed E-state index contributed by atoms with van der Waals surface area (Å²) >= 11 is 0. The number of carboxylic acid groups (broad SMARTS) is 1. The third-order valence-electron chi connectivity index (χ3n) is 4.28. The molecule has 0 saturated heterocycles. The van der Waals surface area contributed by atoms with Gasteiger partial charge in [0.1, 0.15) is 12.0 Å². The Labute approximate surface area is 212 Å². The zero-order valence-corrected chi connectivity index (χ0v) is 14.9. The second-order valence-electron chi connectivity index (χ2n) is 6.51. The second kappa shape index (κ2) is 16.4. The molecule has 0 aliphatic rings. The molecule has 1 rings (SSSR count). The molecule has 0 aliphatic carbocycles. The molecule has 0 spiro atoms. The molecule has 6 heteroatoms. The normalized spacial score (nSPS) is 12.2. The zero-order valence-electron chi connectivity index (χ0n) is 14.9. The van der Waals surface area contributed by atoms with E-state index in [1.165, 1.54) is 32.1 Å². The third-order valence-corrected chi connectivity index (χ3v) is 4.28. The standard InChI is InChI=1S/C20H30O4.K.Li.2H/c1-3-4-5-6-7-8-12-15-20(2,17-13-10-9-11-14-17)24-19(23)16-18(21)22;;;;/h9-11,13-14H,3-8,12,15-16H2,1-2H3,(H,21,22);;;;. The Morgan fingerprint density at radius 1 is 1.00 bits per heavy atom. The molecule has 0 fully saturated rings. The van der Waals surface area contributed by atoms with E-state index >= 15 is 0 Å². The van der Waals surface area contributed by atoms with Gasteiger partial charge >= 0.3 is 82.2 Å². The summed E-state index contributed by atoms with van der Waals surface area (Å²) in [7, 11) is 0. The van der Waals surface area contributed by atoms with Crippen molar-refractivity contribution in [3.05, 3.63) is 35.9 Å². The van der Waals surface area contributed by atoms with Crippen LogP contribution in [-0.2, 0) is 19.9 Å². The van der Waals surface area contributed by atoms with Crippen LogP contribution in [0.2, 0.25) is 0 Å². The maximum absolute atomic E-state index is 11.8. The van der Waals surface area contributed by atoms with E-state index in [0.29, 0.717) is 6.42 Å². The molecule has 1 unspecified atom stereocenters. The van der Waals surface area contributed by atoms with Gasteiger partial charge in [-0.1, -0.05) is 75.8 Å². The topological polar surface area (TPSA) is 63.6 Å². The predicted octanol–water partition coefficient (Wildman–Crippen LogP) is 3.76. The fourth-order valence-electron chi connectivity index (χ4n) is 2.88. The van der Waals surface area contributed by atoms with Crippen molar-refractivity contribution in [1.29, 1.82) is 0 Å². The fourth-order valence-corrected chi connectivity index (χ4v) is 2.88. The molecule has 1 atom stereocenters. The quantitative estimate of drug-likeness (QED) is 0.259. The first-order valence-electron chi connectivity index (χ1n) is 8.97. The summed E-state index contributed by atoms with van der Waals surface area (Å²) in [5.41, 5.74) is 0.145. The number of carboxylic acids is 1. The van der Waals surface area contributed by atoms with Crippen LogP contribution in [0.1, 0.15) is 77.2 Å². The summed E-state index contributed by atoms with van der Waals surface area (Å²) in [6, 6.07) is 9.58. The molecule has 0 saturated carbocycles. The minimum atomic E-state index is -1.16. The van der Waals surface area contributed by atoms with Crippen LogP contribution in [0, 0.1) is 0 Å². The van der Waals surface area contributed by atoms with E-state index in [-0.39, 0.29) is 70.2 Å². The molecule has 26 heavy (non-hydrogen) atoms. The Morgan fingerprint density at radius 3 is 2.08 bits per heavy atom. The molecule has 0 aliphatic heterocycles. The maximum atomic E-state index is 11.8. The van der Waals surface area contributed by atoms with Gasteiger partial charge in [0.25, 0.3) is 0 Å². The van der Waals surface area contributed by atoms with Gasteiger partial charge in [0, 0.05) is 0 Å². The summed E-state index contributed by atoms with van der Waals surface area (Å²) in [6.07, 6.45) is 8.40. The summed E-state index contributed by atoms with van der Waals surface area (Å²) in [5.74, 6) is -1.84. The fraction of sp³-hybridized carbons (Fsp3) is 0.600. The first-order valence-corrected chi connectivity index (χ1v) is 8.97. The molecule has 1 aromatic rings. The summed E-state index contributed by atoms with van der Waals surface area (Å²) in [6.45, 7) is 4.08. The van der Waals surface area contributed by atoms with Gasteiger partial charge in [0.2, 0.25) is 0 Å². The molecule has 138 valence electrons. The van der Waals surface area contributed by atoms with Crippen molar-refractivity contribution < 1.29 is 19.4 Å². The van der Waals surface area contributed by atoms with Crippen LogP contribution in [0.5, 0.6) is 0 Å². The van der Waals surface area contributed by atoms with Crippen molar-refractivity contribution in [2.24, 2.45) is 0 Å². The Balaban J connectivity index is 0. The molecule has 1 aromatic carbocycles. The third kappa shape index (κ3) is 12.0. The molecule has 1 N–H and O–H groups in total. The van der Waals surface area contributed by atoms with Crippen LogP contribution < -0.4 is 0 Å². The average molecular weight is 383 g/mol. The molecular formula is C20H32KLiO4. The van der Waals surface area contributed by atoms with Gasteiger partial charge in [-0.05, 0) is 25.3 Å². The van der Waals surface area contributed by atoms with Crippen LogP contribution in [0.4, 0.5) is 0 Å². The number of aliphatic carboxylic acids is 1. The molecular weight excluding hydrogens is 350 g/mol. The monoisotopic (exact) mass is 382 g/mol. The van der Waals surface area contributed by atoms with Gasteiger partial charge in [0.05, 0.1) is 0 Å². The molecule has 0 radical (unpaired) electrons. The minimum absolute atomic E-state index is 0. The van der Waals surface area contributed by atoms with Gasteiger partial charge in [-0.3, -0.25) is 9.59 Å². The molecule has 0 amide bonds. The average Bonchev–Trinajstić information content (AvgIpc) is 2.54. The first-order chi connectivity index (χ1) is 11.5. The molecule has 4 nitrogen and oxygen atoms in total. The van der Waals surface area contributed by atoms with Crippen molar-refractivity contribution >= 4 is 82.2 Å². The van der Waals surface area contributed by atoms with Crippen LogP contribution in [-0.4, -0.2) is 87.3 Å². The van der Waals surface area contributed by atoms with Crippen molar-refractivity contribution in [2.75, 3.05) is 0 Å². The van der Waals surface area contributed by atoms with E-state index in [0.717, 1.165) is 18.4 Å². The summed E-state index contributed by atoms with van der Waals surface area (Å²) in [5, 5.41) is 8.77. The van der Waals surface area contributed by atoms with E-state index in [4.69, 9.17) is 9.84 Å². The Kier molecular flexibility index (Phi) is 18.0. The number of carbonyl (C=O) groups is 2. The predicted molar refractivity (Wildman–Crippen MR) is 109 cm³/mol. The van der Waals surface area contributed by atoms with E-state index in [1.54, 1.807) is 0 Å². The second-order valence-corrected chi connectivity index (χ2v) is 6.51. The van der Waals surface area contributed by atoms with Gasteiger partial charge in [-0.2, -0.15) is 0 Å². The van der Waals surface area contributed by atoms with E-state index in [9.17, 15) is 9.59 Å². The van der Waals surface area contributed by atoms with E-state index in [1.807, 2.05) is 37.3 Å². The Bertz CT molecular complexity index is 510. The van der Waals surface area contributed by atoms with Crippen molar-refractivity contribution in [2.45, 2.75) is 77.2 Å². The number of esters is 1. The molecule has 0 bridgehead atoms. The van der Waals surface area contributed by atoms with Crippen LogP contribution in [0.3, 0.4) is 0 Å². The van der Waals surface area contributed by atoms with Crippen LogP contribution in [0.25, 0.3) is 0 Å². The SMILES string of the molecule is CCCCCCCCCC(C)(OC(=O)CC(=O)O)c1ccccc1.[KH].[LiH]. The molecule has 0 heterocycles. The summed E-state index contributed by atoms with van der Waals surface area (Å²) in [4.78, 5) is 22.6. The van der Waals surface area contributed by atoms with E-state index < -0.39 is 24.0 Å². The van der Waals surface area contributed by atoms with Crippen molar-refractivity contribution in [1.82, 2.24) is 0 Å². The Hall–Kier alpha value is 0.394. The number of ether oxygens (including phenoxy) is 1. The first kappa shape index (κ1) is 28.6. The van der Waals surface area contributed by atoms with Crippen LogP contribution >= 0.6 is 0 Å².